The van der Waals surface area contributed by atoms with Gasteiger partial charge in [-0.15, -0.1) is 0 Å². The van der Waals surface area contributed by atoms with E-state index in [0.29, 0.717) is 6.54 Å². The van der Waals surface area contributed by atoms with Crippen LogP contribution in [-0.2, 0) is 10.0 Å². The predicted molar refractivity (Wildman–Crippen MR) is 60.8 cm³/mol. The van der Waals surface area contributed by atoms with Crippen LogP contribution in [0.4, 0.5) is 0 Å². The number of hydrogen-bond donors (Lipinski definition) is 1. The molecule has 3 nitrogen and oxygen atoms in total. The summed E-state index contributed by atoms with van der Waals surface area (Å²) in [6, 6.07) is 0. The molecule has 4 heteroatoms. The van der Waals surface area contributed by atoms with E-state index in [1.165, 1.54) is 6.26 Å². The maximum atomic E-state index is 11.0. The number of hydrogen-bond acceptors (Lipinski definition) is 2. The second-order valence-corrected chi connectivity index (χ2v) is 6.19. The van der Waals surface area contributed by atoms with Crippen LogP contribution in [0, 0.1) is 5.41 Å². The van der Waals surface area contributed by atoms with Crippen LogP contribution in [0.25, 0.3) is 0 Å². The van der Waals surface area contributed by atoms with Crippen molar-refractivity contribution in [3.8, 4) is 0 Å². The summed E-state index contributed by atoms with van der Waals surface area (Å²) >= 11 is 0. The zero-order valence-corrected chi connectivity index (χ0v) is 10.6. The Morgan fingerprint density at radius 1 is 1.29 bits per heavy atom. The van der Waals surface area contributed by atoms with Crippen molar-refractivity contribution in [2.45, 2.75) is 46.5 Å². The standard InChI is InChI=1S/C10H23NO2S/c1-5-7-8-10(3,6-2)9-11-14(4,12)13/h11H,5-9H2,1-4H3. The van der Waals surface area contributed by atoms with E-state index in [0.717, 1.165) is 25.7 Å². The molecule has 0 aromatic rings. The normalized spacial score (nSPS) is 16.6. The van der Waals surface area contributed by atoms with Crippen molar-refractivity contribution in [1.82, 2.24) is 4.72 Å². The Balaban J connectivity index is 4.12. The molecule has 0 saturated heterocycles. The molecule has 14 heavy (non-hydrogen) atoms. The summed E-state index contributed by atoms with van der Waals surface area (Å²) in [6.45, 7) is 6.96. The Bertz CT molecular complexity index is 249. The van der Waals surface area contributed by atoms with Crippen LogP contribution in [0.1, 0.15) is 46.5 Å². The molecule has 0 bridgehead atoms. The molecule has 0 aromatic carbocycles. The first-order valence-corrected chi connectivity index (χ1v) is 7.17. The molecule has 0 aliphatic heterocycles. The van der Waals surface area contributed by atoms with Gasteiger partial charge in [0.2, 0.25) is 10.0 Å². The van der Waals surface area contributed by atoms with Gasteiger partial charge in [0.1, 0.15) is 0 Å². The van der Waals surface area contributed by atoms with Crippen molar-refractivity contribution in [2.24, 2.45) is 5.41 Å². The number of rotatable bonds is 7. The molecule has 0 saturated carbocycles. The quantitative estimate of drug-likeness (QED) is 0.716. The minimum atomic E-state index is -3.04. The van der Waals surface area contributed by atoms with Crippen LogP contribution in [0.5, 0.6) is 0 Å². The Kier molecular flexibility index (Phi) is 5.67. The van der Waals surface area contributed by atoms with Gasteiger partial charge in [-0.3, -0.25) is 0 Å². The van der Waals surface area contributed by atoms with Crippen LogP contribution in [0.2, 0.25) is 0 Å². The van der Waals surface area contributed by atoms with E-state index in [4.69, 9.17) is 0 Å². The van der Waals surface area contributed by atoms with Gasteiger partial charge in [0.05, 0.1) is 6.26 Å². The van der Waals surface area contributed by atoms with Crippen LogP contribution in [0.15, 0.2) is 0 Å². The van der Waals surface area contributed by atoms with Crippen molar-refractivity contribution < 1.29 is 8.42 Å². The maximum absolute atomic E-state index is 11.0. The summed E-state index contributed by atoms with van der Waals surface area (Å²) in [5.41, 5.74) is 0.110. The Morgan fingerprint density at radius 2 is 1.86 bits per heavy atom. The molecular weight excluding hydrogens is 198 g/mol. The van der Waals surface area contributed by atoms with E-state index in [-0.39, 0.29) is 5.41 Å². The van der Waals surface area contributed by atoms with Gasteiger partial charge in [0, 0.05) is 6.54 Å². The molecule has 1 N–H and O–H groups in total. The molecule has 86 valence electrons. The summed E-state index contributed by atoms with van der Waals surface area (Å²) in [5, 5.41) is 0. The van der Waals surface area contributed by atoms with Gasteiger partial charge >= 0.3 is 0 Å². The lowest BCUT2D eigenvalue weighted by Crippen LogP contribution is -2.34. The summed E-state index contributed by atoms with van der Waals surface area (Å²) in [4.78, 5) is 0. The fourth-order valence-corrected chi connectivity index (χ4v) is 1.91. The number of nitrogens with one attached hydrogen (secondary N) is 1. The summed E-state index contributed by atoms with van der Waals surface area (Å²) in [6.07, 6.45) is 5.63. The Labute approximate surface area is 88.3 Å². The van der Waals surface area contributed by atoms with E-state index in [9.17, 15) is 8.42 Å². The van der Waals surface area contributed by atoms with Crippen LogP contribution < -0.4 is 4.72 Å². The molecule has 0 spiro atoms. The zero-order valence-electron chi connectivity index (χ0n) is 9.76. The first-order valence-electron chi connectivity index (χ1n) is 5.27. The third kappa shape index (κ3) is 6.38. The SMILES string of the molecule is CCCCC(C)(CC)CNS(C)(=O)=O. The molecule has 0 rings (SSSR count). The maximum Gasteiger partial charge on any atom is 0.208 e. The van der Waals surface area contributed by atoms with Gasteiger partial charge in [-0.05, 0) is 18.3 Å². The largest absolute Gasteiger partial charge is 0.215 e. The van der Waals surface area contributed by atoms with E-state index < -0.39 is 10.0 Å². The Hall–Kier alpha value is -0.0900. The topological polar surface area (TPSA) is 46.2 Å². The van der Waals surface area contributed by atoms with Gasteiger partial charge in [-0.25, -0.2) is 13.1 Å². The lowest BCUT2D eigenvalue weighted by atomic mass is 9.82. The first-order chi connectivity index (χ1) is 6.33. The predicted octanol–water partition coefficient (Wildman–Crippen LogP) is 2.14. The van der Waals surface area contributed by atoms with Crippen molar-refractivity contribution in [1.29, 1.82) is 0 Å². The van der Waals surface area contributed by atoms with Gasteiger partial charge in [0.25, 0.3) is 0 Å². The fourth-order valence-electron chi connectivity index (χ4n) is 1.30. The van der Waals surface area contributed by atoms with E-state index in [1.54, 1.807) is 0 Å². The van der Waals surface area contributed by atoms with Gasteiger partial charge in [0.15, 0.2) is 0 Å². The highest BCUT2D eigenvalue weighted by molar-refractivity contribution is 7.88. The van der Waals surface area contributed by atoms with Crippen LogP contribution in [0.3, 0.4) is 0 Å². The van der Waals surface area contributed by atoms with Gasteiger partial charge in [-0.1, -0.05) is 33.6 Å². The van der Waals surface area contributed by atoms with Crippen molar-refractivity contribution >= 4 is 10.0 Å². The third-order valence-corrected chi connectivity index (χ3v) is 3.42. The first kappa shape index (κ1) is 13.9. The van der Waals surface area contributed by atoms with E-state index in [1.807, 2.05) is 0 Å². The lowest BCUT2D eigenvalue weighted by molar-refractivity contribution is 0.277. The van der Waals surface area contributed by atoms with Crippen LogP contribution in [-0.4, -0.2) is 21.2 Å². The highest BCUT2D eigenvalue weighted by Crippen LogP contribution is 2.27. The molecule has 0 heterocycles. The monoisotopic (exact) mass is 221 g/mol. The summed E-state index contributed by atoms with van der Waals surface area (Å²) < 4.78 is 24.5. The molecule has 0 radical (unpaired) electrons. The number of sulfonamides is 1. The minimum Gasteiger partial charge on any atom is -0.215 e. The second-order valence-electron chi connectivity index (χ2n) is 4.36. The zero-order chi connectivity index (χ0) is 11.2. The van der Waals surface area contributed by atoms with Gasteiger partial charge < -0.3 is 0 Å². The highest BCUT2D eigenvalue weighted by atomic mass is 32.2. The van der Waals surface area contributed by atoms with E-state index >= 15 is 0 Å². The molecule has 1 atom stereocenters. The second kappa shape index (κ2) is 5.71. The Morgan fingerprint density at radius 3 is 2.21 bits per heavy atom. The molecule has 1 unspecified atom stereocenters. The van der Waals surface area contributed by atoms with E-state index in [2.05, 4.69) is 25.5 Å². The van der Waals surface area contributed by atoms with Gasteiger partial charge in [-0.2, -0.15) is 0 Å². The highest BCUT2D eigenvalue weighted by Gasteiger charge is 2.22. The molecule has 0 aliphatic rings. The molecule has 0 fully saturated rings. The van der Waals surface area contributed by atoms with Crippen molar-refractivity contribution in [3.05, 3.63) is 0 Å². The smallest absolute Gasteiger partial charge is 0.208 e. The summed E-state index contributed by atoms with van der Waals surface area (Å²) in [5.74, 6) is 0. The molecule has 0 aliphatic carbocycles. The van der Waals surface area contributed by atoms with Crippen LogP contribution >= 0.6 is 0 Å². The average Bonchev–Trinajstić information content (AvgIpc) is 2.10. The average molecular weight is 221 g/mol. The van der Waals surface area contributed by atoms with Crippen molar-refractivity contribution in [3.63, 3.8) is 0 Å². The minimum absolute atomic E-state index is 0.110. The molecule has 0 aromatic heterocycles. The third-order valence-electron chi connectivity index (χ3n) is 2.75. The number of unbranched alkanes of at least 4 members (excludes halogenated alkanes) is 1. The summed E-state index contributed by atoms with van der Waals surface area (Å²) in [7, 11) is -3.04. The molecular formula is C10H23NO2S. The fraction of sp³-hybridized carbons (Fsp3) is 1.00. The molecule has 0 amide bonds. The lowest BCUT2D eigenvalue weighted by Gasteiger charge is -2.28. The van der Waals surface area contributed by atoms with Crippen molar-refractivity contribution in [2.75, 3.05) is 12.8 Å².